The highest BCUT2D eigenvalue weighted by molar-refractivity contribution is 6.31. The zero-order valence-corrected chi connectivity index (χ0v) is 10.2. The van der Waals surface area contributed by atoms with Gasteiger partial charge in [-0.05, 0) is 30.3 Å². The topological polar surface area (TPSA) is 38.9 Å². The summed E-state index contributed by atoms with van der Waals surface area (Å²) in [4.78, 5) is 4.15. The van der Waals surface area contributed by atoms with Crippen LogP contribution in [-0.2, 0) is 0 Å². The molecule has 0 spiro atoms. The lowest BCUT2D eigenvalue weighted by Crippen LogP contribution is -2.09. The Morgan fingerprint density at radius 2 is 2.06 bits per heavy atom. The lowest BCUT2D eigenvalue weighted by Gasteiger charge is -2.07. The van der Waals surface area contributed by atoms with E-state index in [2.05, 4.69) is 4.98 Å². The minimum Gasteiger partial charge on any atom is -0.327 e. The number of hydrogen-bond acceptors (Lipinski definition) is 2. The van der Waals surface area contributed by atoms with E-state index < -0.39 is 12.0 Å². The van der Waals surface area contributed by atoms with Crippen molar-refractivity contribution >= 4 is 11.6 Å². The highest BCUT2D eigenvalue weighted by Crippen LogP contribution is 2.25. The summed E-state index contributed by atoms with van der Waals surface area (Å²) in [7, 11) is 0. The maximum absolute atomic E-state index is 13.4. The summed E-state index contributed by atoms with van der Waals surface area (Å²) in [6.45, 7) is -0.124. The quantitative estimate of drug-likeness (QED) is 0.925. The van der Waals surface area contributed by atoms with Crippen LogP contribution in [0.15, 0.2) is 36.4 Å². The van der Waals surface area contributed by atoms with Crippen LogP contribution >= 0.6 is 11.6 Å². The molecule has 1 aromatic heterocycles. The number of nitrogens with zero attached hydrogens (tertiary/aromatic N) is 1. The van der Waals surface area contributed by atoms with Crippen molar-refractivity contribution in [3.8, 4) is 11.3 Å². The summed E-state index contributed by atoms with van der Waals surface area (Å²) in [5, 5.41) is 0.00956. The zero-order valence-electron chi connectivity index (χ0n) is 9.41. The third-order valence-corrected chi connectivity index (χ3v) is 2.80. The smallest absolute Gasteiger partial charge is 0.154 e. The molecule has 0 radical (unpaired) electrons. The molecule has 0 amide bonds. The number of hydrogen-bond donors (Lipinski definition) is 1. The SMILES string of the molecule is NCC(F)c1cccc(-c2ccc(F)c(Cl)c2)n1. The van der Waals surface area contributed by atoms with Crippen LogP contribution in [0.1, 0.15) is 11.9 Å². The minimum absolute atomic E-state index is 0.00956. The van der Waals surface area contributed by atoms with E-state index in [4.69, 9.17) is 17.3 Å². The van der Waals surface area contributed by atoms with E-state index in [1.807, 2.05) is 0 Å². The standard InChI is InChI=1S/C13H11ClF2N2/c14-9-6-8(4-5-10(9)15)12-2-1-3-13(18-12)11(16)7-17/h1-6,11H,7,17H2. The fourth-order valence-electron chi connectivity index (χ4n) is 1.56. The van der Waals surface area contributed by atoms with Gasteiger partial charge >= 0.3 is 0 Å². The normalized spacial score (nSPS) is 12.4. The molecule has 1 unspecified atom stereocenters. The number of pyridine rings is 1. The van der Waals surface area contributed by atoms with E-state index in [0.717, 1.165) is 0 Å². The third kappa shape index (κ3) is 2.66. The predicted molar refractivity (Wildman–Crippen MR) is 67.5 cm³/mol. The Balaban J connectivity index is 2.41. The Morgan fingerprint density at radius 3 is 2.72 bits per heavy atom. The summed E-state index contributed by atoms with van der Waals surface area (Å²) in [5.74, 6) is -0.498. The molecule has 5 heteroatoms. The molecule has 0 saturated carbocycles. The van der Waals surface area contributed by atoms with Gasteiger partial charge in [0, 0.05) is 12.1 Å². The summed E-state index contributed by atoms with van der Waals surface area (Å²) >= 11 is 5.70. The van der Waals surface area contributed by atoms with Gasteiger partial charge in [-0.15, -0.1) is 0 Å². The maximum Gasteiger partial charge on any atom is 0.154 e. The van der Waals surface area contributed by atoms with E-state index >= 15 is 0 Å². The maximum atomic E-state index is 13.4. The summed E-state index contributed by atoms with van der Waals surface area (Å²) < 4.78 is 26.5. The molecule has 0 saturated heterocycles. The third-order valence-electron chi connectivity index (χ3n) is 2.51. The minimum atomic E-state index is -1.30. The molecule has 94 valence electrons. The van der Waals surface area contributed by atoms with Gasteiger partial charge in [-0.1, -0.05) is 17.7 Å². The van der Waals surface area contributed by atoms with Crippen LogP contribution in [0, 0.1) is 5.82 Å². The second-order valence-electron chi connectivity index (χ2n) is 3.78. The number of rotatable bonds is 3. The van der Waals surface area contributed by atoms with Gasteiger partial charge in [0.15, 0.2) is 6.17 Å². The molecular weight excluding hydrogens is 258 g/mol. The molecular formula is C13H11ClF2N2. The van der Waals surface area contributed by atoms with E-state index in [9.17, 15) is 8.78 Å². The van der Waals surface area contributed by atoms with Gasteiger partial charge in [0.05, 0.1) is 16.4 Å². The van der Waals surface area contributed by atoms with Crippen LogP contribution in [0.3, 0.4) is 0 Å². The zero-order chi connectivity index (χ0) is 13.1. The summed E-state index contributed by atoms with van der Waals surface area (Å²) in [6, 6.07) is 9.20. The van der Waals surface area contributed by atoms with Crippen molar-refractivity contribution < 1.29 is 8.78 Å². The first-order chi connectivity index (χ1) is 8.61. The Bertz CT molecular complexity index is 560. The second-order valence-corrected chi connectivity index (χ2v) is 4.19. The molecule has 1 heterocycles. The summed E-state index contributed by atoms with van der Waals surface area (Å²) in [6.07, 6.45) is -1.30. The number of benzene rings is 1. The van der Waals surface area contributed by atoms with Gasteiger partial charge in [-0.3, -0.25) is 0 Å². The first-order valence-electron chi connectivity index (χ1n) is 5.38. The molecule has 2 N–H and O–H groups in total. The number of aromatic nitrogens is 1. The number of halogens is 3. The molecule has 1 aromatic carbocycles. The Morgan fingerprint density at radius 1 is 1.28 bits per heavy atom. The monoisotopic (exact) mass is 268 g/mol. The largest absolute Gasteiger partial charge is 0.327 e. The van der Waals surface area contributed by atoms with Crippen LogP contribution in [0.4, 0.5) is 8.78 Å². The van der Waals surface area contributed by atoms with E-state index in [-0.39, 0.29) is 17.3 Å². The molecule has 2 aromatic rings. The molecule has 2 rings (SSSR count). The highest BCUT2D eigenvalue weighted by atomic mass is 35.5. The average molecular weight is 269 g/mol. The van der Waals surface area contributed by atoms with Crippen molar-refractivity contribution in [3.05, 3.63) is 52.9 Å². The van der Waals surface area contributed by atoms with E-state index in [1.165, 1.54) is 12.1 Å². The first kappa shape index (κ1) is 12.9. The fraction of sp³-hybridized carbons (Fsp3) is 0.154. The molecule has 0 bridgehead atoms. The molecule has 0 aliphatic heterocycles. The lowest BCUT2D eigenvalue weighted by molar-refractivity contribution is 0.345. The molecule has 0 fully saturated rings. The Hall–Kier alpha value is -1.52. The average Bonchev–Trinajstić information content (AvgIpc) is 2.41. The first-order valence-corrected chi connectivity index (χ1v) is 5.76. The Labute approximate surface area is 108 Å². The van der Waals surface area contributed by atoms with Gasteiger partial charge in [0.25, 0.3) is 0 Å². The van der Waals surface area contributed by atoms with Gasteiger partial charge in [0.1, 0.15) is 5.82 Å². The molecule has 18 heavy (non-hydrogen) atoms. The summed E-state index contributed by atoms with van der Waals surface area (Å²) in [5.41, 5.74) is 6.68. The van der Waals surface area contributed by atoms with Crippen LogP contribution in [-0.4, -0.2) is 11.5 Å². The van der Waals surface area contributed by atoms with Crippen LogP contribution in [0.2, 0.25) is 5.02 Å². The molecule has 0 aliphatic rings. The fourth-order valence-corrected chi connectivity index (χ4v) is 1.74. The van der Waals surface area contributed by atoms with Crippen molar-refractivity contribution in [2.45, 2.75) is 6.17 Å². The van der Waals surface area contributed by atoms with Crippen LogP contribution in [0.5, 0.6) is 0 Å². The van der Waals surface area contributed by atoms with Gasteiger partial charge in [-0.2, -0.15) is 0 Å². The number of nitrogens with two attached hydrogens (primary N) is 1. The number of alkyl halides is 1. The molecule has 0 aliphatic carbocycles. The van der Waals surface area contributed by atoms with Crippen molar-refractivity contribution in [1.82, 2.24) is 4.98 Å². The van der Waals surface area contributed by atoms with Crippen molar-refractivity contribution in [2.24, 2.45) is 5.73 Å². The van der Waals surface area contributed by atoms with Crippen molar-refractivity contribution in [1.29, 1.82) is 0 Å². The predicted octanol–water partition coefficient (Wildman–Crippen LogP) is 3.51. The van der Waals surface area contributed by atoms with E-state index in [1.54, 1.807) is 24.3 Å². The van der Waals surface area contributed by atoms with Crippen LogP contribution < -0.4 is 5.73 Å². The highest BCUT2D eigenvalue weighted by Gasteiger charge is 2.11. The van der Waals surface area contributed by atoms with Gasteiger partial charge in [-0.25, -0.2) is 13.8 Å². The molecule has 2 nitrogen and oxygen atoms in total. The van der Waals surface area contributed by atoms with Crippen molar-refractivity contribution in [3.63, 3.8) is 0 Å². The molecule has 1 atom stereocenters. The Kier molecular flexibility index (Phi) is 3.89. The second kappa shape index (κ2) is 5.42. The van der Waals surface area contributed by atoms with E-state index in [0.29, 0.717) is 11.3 Å². The van der Waals surface area contributed by atoms with Gasteiger partial charge < -0.3 is 5.73 Å². The van der Waals surface area contributed by atoms with Gasteiger partial charge in [0.2, 0.25) is 0 Å². The lowest BCUT2D eigenvalue weighted by atomic mass is 10.1. The van der Waals surface area contributed by atoms with Crippen LogP contribution in [0.25, 0.3) is 11.3 Å². The van der Waals surface area contributed by atoms with Crippen molar-refractivity contribution in [2.75, 3.05) is 6.54 Å².